The van der Waals surface area contributed by atoms with Crippen LogP contribution in [0.5, 0.6) is 5.75 Å². The molecule has 0 saturated carbocycles. The lowest BCUT2D eigenvalue weighted by Gasteiger charge is -2.16. The summed E-state index contributed by atoms with van der Waals surface area (Å²) in [5.74, 6) is -0.833. The molecule has 0 saturated heterocycles. The number of hydrogen-bond donors (Lipinski definition) is 1. The van der Waals surface area contributed by atoms with Crippen molar-refractivity contribution in [2.24, 2.45) is 0 Å². The van der Waals surface area contributed by atoms with Gasteiger partial charge >= 0.3 is 5.63 Å². The number of aromatic hydroxyl groups is 1. The number of halogens is 1. The van der Waals surface area contributed by atoms with Gasteiger partial charge in [-0.2, -0.15) is 0 Å². The van der Waals surface area contributed by atoms with Gasteiger partial charge in [0.05, 0.1) is 11.6 Å². The number of nitrogens with zero attached hydrogens (tertiary/aromatic N) is 1. The molecule has 1 aliphatic heterocycles. The van der Waals surface area contributed by atoms with Crippen LogP contribution in [0.4, 0.5) is 4.39 Å². The summed E-state index contributed by atoms with van der Waals surface area (Å²) in [4.78, 5) is 27.0. The fourth-order valence-electron chi connectivity index (χ4n) is 4.59. The monoisotopic (exact) mass is 457 g/mol. The molecule has 0 bridgehead atoms. The molecule has 0 aliphatic carbocycles. The summed E-state index contributed by atoms with van der Waals surface area (Å²) >= 11 is 0.931. The van der Waals surface area contributed by atoms with Crippen molar-refractivity contribution in [2.45, 2.75) is 22.3 Å². The topological polar surface area (TPSA) is 72.4 Å². The van der Waals surface area contributed by atoms with Gasteiger partial charge in [0.1, 0.15) is 16.1 Å². The Kier molecular flexibility index (Phi) is 4.41. The van der Waals surface area contributed by atoms with Gasteiger partial charge in [-0.15, -0.1) is 0 Å². The maximum atomic E-state index is 13.8. The van der Waals surface area contributed by atoms with E-state index in [-0.39, 0.29) is 21.9 Å². The third kappa shape index (κ3) is 3.00. The summed E-state index contributed by atoms with van der Waals surface area (Å²) in [5, 5.41) is 11.7. The van der Waals surface area contributed by atoms with Crippen LogP contribution in [-0.4, -0.2) is 9.67 Å². The molecule has 0 fully saturated rings. The number of rotatable bonds is 3. The molecule has 1 unspecified atom stereocenters. The maximum absolute atomic E-state index is 13.8. The fraction of sp³-hybridized carbons (Fsp3) is 0.0769. The molecule has 0 spiro atoms. The van der Waals surface area contributed by atoms with E-state index in [4.69, 9.17) is 4.42 Å². The number of fused-ring (bicyclic) bond motifs is 2. The molecule has 3 aromatic carbocycles. The Labute approximate surface area is 190 Å². The van der Waals surface area contributed by atoms with Crippen molar-refractivity contribution < 1.29 is 13.9 Å². The Morgan fingerprint density at radius 3 is 2.48 bits per heavy atom. The third-order valence-corrected chi connectivity index (χ3v) is 7.11. The van der Waals surface area contributed by atoms with Gasteiger partial charge in [0, 0.05) is 10.3 Å². The molecule has 5 nitrogen and oxygen atoms in total. The first-order valence-electron chi connectivity index (χ1n) is 10.4. The minimum atomic E-state index is -0.753. The zero-order valence-electron chi connectivity index (χ0n) is 17.1. The SMILES string of the molecule is O=c1oc2c(c(O)c1Sc1ccc(F)cc1)c(=O)n1c3c(cccc23)CC1c1ccccc1. The summed E-state index contributed by atoms with van der Waals surface area (Å²) in [5.41, 5.74) is 1.58. The summed E-state index contributed by atoms with van der Waals surface area (Å²) in [6, 6.07) is 20.6. The number of pyridine rings is 1. The molecule has 5 aromatic rings. The highest BCUT2D eigenvalue weighted by Crippen LogP contribution is 2.41. The Balaban J connectivity index is 1.65. The number of benzene rings is 3. The van der Waals surface area contributed by atoms with E-state index >= 15 is 0 Å². The second-order valence-corrected chi connectivity index (χ2v) is 9.03. The Morgan fingerprint density at radius 2 is 1.73 bits per heavy atom. The molecule has 0 amide bonds. The first kappa shape index (κ1) is 19.8. The van der Waals surface area contributed by atoms with Crippen LogP contribution in [0.3, 0.4) is 0 Å². The predicted molar refractivity (Wildman–Crippen MR) is 125 cm³/mol. The van der Waals surface area contributed by atoms with Crippen LogP contribution < -0.4 is 11.2 Å². The molecule has 162 valence electrons. The number of para-hydroxylation sites is 1. The van der Waals surface area contributed by atoms with Crippen molar-refractivity contribution in [3.05, 3.63) is 111 Å². The van der Waals surface area contributed by atoms with Gasteiger partial charge in [0.15, 0.2) is 11.3 Å². The summed E-state index contributed by atoms with van der Waals surface area (Å²) in [6.45, 7) is 0. The van der Waals surface area contributed by atoms with Crippen molar-refractivity contribution in [2.75, 3.05) is 0 Å². The average molecular weight is 457 g/mol. The molecule has 33 heavy (non-hydrogen) atoms. The molecule has 1 N–H and O–H groups in total. The lowest BCUT2D eigenvalue weighted by Crippen LogP contribution is -2.24. The van der Waals surface area contributed by atoms with E-state index in [1.165, 1.54) is 24.3 Å². The molecule has 3 heterocycles. The van der Waals surface area contributed by atoms with Crippen molar-refractivity contribution in [3.8, 4) is 5.75 Å². The van der Waals surface area contributed by atoms with E-state index in [1.807, 2.05) is 42.5 Å². The van der Waals surface area contributed by atoms with Gasteiger partial charge < -0.3 is 9.52 Å². The average Bonchev–Trinajstić information content (AvgIpc) is 3.22. The van der Waals surface area contributed by atoms with Crippen LogP contribution in [0, 0.1) is 5.82 Å². The van der Waals surface area contributed by atoms with E-state index < -0.39 is 22.8 Å². The lowest BCUT2D eigenvalue weighted by molar-refractivity contribution is 0.446. The van der Waals surface area contributed by atoms with Crippen LogP contribution in [0.1, 0.15) is 17.2 Å². The van der Waals surface area contributed by atoms with E-state index in [1.54, 1.807) is 10.6 Å². The minimum Gasteiger partial charge on any atom is -0.505 e. The van der Waals surface area contributed by atoms with Gasteiger partial charge in [-0.05, 0) is 47.9 Å². The fourth-order valence-corrected chi connectivity index (χ4v) is 5.42. The molecule has 0 radical (unpaired) electrons. The Morgan fingerprint density at radius 1 is 0.970 bits per heavy atom. The van der Waals surface area contributed by atoms with Gasteiger partial charge in [-0.1, -0.05) is 54.2 Å². The first-order chi connectivity index (χ1) is 16.0. The second-order valence-electron chi connectivity index (χ2n) is 7.95. The minimum absolute atomic E-state index is 0.0355. The normalized spacial score (nSPS) is 14.9. The Hall–Kier alpha value is -3.84. The smallest absolute Gasteiger partial charge is 0.354 e. The molecular weight excluding hydrogens is 441 g/mol. The summed E-state index contributed by atoms with van der Waals surface area (Å²) in [6.07, 6.45) is 0.620. The molecule has 1 aliphatic rings. The number of hydrogen-bond acceptors (Lipinski definition) is 5. The third-order valence-electron chi connectivity index (χ3n) is 6.04. The second kappa shape index (κ2) is 7.35. The van der Waals surface area contributed by atoms with Crippen molar-refractivity contribution in [1.82, 2.24) is 4.57 Å². The quantitative estimate of drug-likeness (QED) is 0.375. The molecular formula is C26H16FNO4S. The standard InChI is InChI=1S/C26H16FNO4S/c27-16-9-11-17(12-10-16)33-24-22(29)20-23(32-26(24)31)18-8-4-7-15-13-19(14-5-2-1-3-6-14)28(21(15)18)25(20)30/h1-12,19,29H,13H2. The van der Waals surface area contributed by atoms with Crippen molar-refractivity contribution in [1.29, 1.82) is 0 Å². The zero-order valence-corrected chi connectivity index (χ0v) is 17.9. The zero-order chi connectivity index (χ0) is 22.7. The van der Waals surface area contributed by atoms with Crippen LogP contribution in [0.25, 0.3) is 21.9 Å². The van der Waals surface area contributed by atoms with Crippen LogP contribution >= 0.6 is 11.8 Å². The first-order valence-corrected chi connectivity index (χ1v) is 11.2. The van der Waals surface area contributed by atoms with Crippen LogP contribution in [0.15, 0.2) is 96.6 Å². The van der Waals surface area contributed by atoms with E-state index in [2.05, 4.69) is 0 Å². The Bertz CT molecular complexity index is 1670. The van der Waals surface area contributed by atoms with Crippen molar-refractivity contribution in [3.63, 3.8) is 0 Å². The molecule has 1 atom stereocenters. The maximum Gasteiger partial charge on any atom is 0.354 e. The van der Waals surface area contributed by atoms with Gasteiger partial charge in [-0.25, -0.2) is 9.18 Å². The van der Waals surface area contributed by atoms with E-state index in [9.17, 15) is 19.1 Å². The largest absolute Gasteiger partial charge is 0.505 e. The van der Waals surface area contributed by atoms with Crippen LogP contribution in [-0.2, 0) is 6.42 Å². The van der Waals surface area contributed by atoms with Gasteiger partial charge in [0.2, 0.25) is 0 Å². The highest BCUT2D eigenvalue weighted by atomic mass is 32.2. The highest BCUT2D eigenvalue weighted by molar-refractivity contribution is 7.99. The van der Waals surface area contributed by atoms with E-state index in [0.717, 1.165) is 22.9 Å². The van der Waals surface area contributed by atoms with Crippen LogP contribution in [0.2, 0.25) is 0 Å². The number of aromatic nitrogens is 1. The molecule has 7 heteroatoms. The van der Waals surface area contributed by atoms with Crippen molar-refractivity contribution >= 4 is 33.6 Å². The summed E-state index contributed by atoms with van der Waals surface area (Å²) in [7, 11) is 0. The van der Waals surface area contributed by atoms with Gasteiger partial charge in [0.25, 0.3) is 5.56 Å². The molecule has 6 rings (SSSR count). The lowest BCUT2D eigenvalue weighted by atomic mass is 10.0. The highest BCUT2D eigenvalue weighted by Gasteiger charge is 2.31. The van der Waals surface area contributed by atoms with E-state index in [0.29, 0.717) is 22.2 Å². The summed E-state index contributed by atoms with van der Waals surface area (Å²) < 4.78 is 20.6. The van der Waals surface area contributed by atoms with Gasteiger partial charge in [-0.3, -0.25) is 9.36 Å². The molecule has 2 aromatic heterocycles. The predicted octanol–water partition coefficient (Wildman–Crippen LogP) is 5.25.